The van der Waals surface area contributed by atoms with Gasteiger partial charge in [0.2, 0.25) is 5.91 Å². The fourth-order valence-electron chi connectivity index (χ4n) is 2.78. The Hall–Kier alpha value is -2.93. The van der Waals surface area contributed by atoms with Crippen molar-refractivity contribution in [3.05, 3.63) is 58.6 Å². The minimum absolute atomic E-state index is 0.0898. The summed E-state index contributed by atoms with van der Waals surface area (Å²) in [5.74, 6) is -0.244. The van der Waals surface area contributed by atoms with E-state index in [1.165, 1.54) is 19.1 Å². The number of imidazole rings is 1. The maximum Gasteiger partial charge on any atom is 0.251 e. The van der Waals surface area contributed by atoms with Gasteiger partial charge < -0.3 is 15.2 Å². The lowest BCUT2D eigenvalue weighted by Gasteiger charge is -2.06. The molecule has 6 nitrogen and oxygen atoms in total. The van der Waals surface area contributed by atoms with Crippen LogP contribution in [0.3, 0.4) is 0 Å². The van der Waals surface area contributed by atoms with E-state index in [4.69, 9.17) is 11.6 Å². The molecule has 3 aromatic rings. The predicted octanol–water partition coefficient (Wildman–Crippen LogP) is 3.30. The summed E-state index contributed by atoms with van der Waals surface area (Å²) in [5.41, 5.74) is 2.67. The normalized spacial score (nSPS) is 10.8. The van der Waals surface area contributed by atoms with Gasteiger partial charge in [0.05, 0.1) is 16.1 Å². The van der Waals surface area contributed by atoms with Gasteiger partial charge in [0.25, 0.3) is 5.91 Å². The van der Waals surface area contributed by atoms with E-state index in [-0.39, 0.29) is 16.8 Å². The molecule has 3 rings (SSSR count). The molecule has 2 N–H and O–H groups in total. The zero-order valence-electron chi connectivity index (χ0n) is 14.8. The van der Waals surface area contributed by atoms with E-state index >= 15 is 0 Å². The number of carbonyl (C=O) groups excluding carboxylic acids is 2. The summed E-state index contributed by atoms with van der Waals surface area (Å²) in [7, 11) is 1.89. The van der Waals surface area contributed by atoms with Crippen LogP contribution in [0.15, 0.2) is 36.4 Å². The van der Waals surface area contributed by atoms with E-state index in [9.17, 15) is 14.0 Å². The number of aromatic nitrogens is 2. The minimum Gasteiger partial charge on any atom is -0.352 e. The Bertz CT molecular complexity index is 1030. The van der Waals surface area contributed by atoms with E-state index in [0.717, 1.165) is 22.9 Å². The lowest BCUT2D eigenvalue weighted by molar-refractivity contribution is -0.114. The van der Waals surface area contributed by atoms with Gasteiger partial charge >= 0.3 is 0 Å². The number of nitrogens with zero attached hydrogens (tertiary/aromatic N) is 2. The first kappa shape index (κ1) is 18.8. The van der Waals surface area contributed by atoms with Crippen molar-refractivity contribution >= 4 is 40.1 Å². The Morgan fingerprint density at radius 3 is 2.70 bits per heavy atom. The Kier molecular flexibility index (Phi) is 5.41. The van der Waals surface area contributed by atoms with Crippen molar-refractivity contribution in [1.82, 2.24) is 14.9 Å². The van der Waals surface area contributed by atoms with Crippen molar-refractivity contribution in [1.29, 1.82) is 0 Å². The molecule has 27 heavy (non-hydrogen) atoms. The number of rotatable bonds is 5. The van der Waals surface area contributed by atoms with Gasteiger partial charge in [0, 0.05) is 38.2 Å². The van der Waals surface area contributed by atoms with Gasteiger partial charge in [-0.05, 0) is 36.4 Å². The van der Waals surface area contributed by atoms with Crippen molar-refractivity contribution in [3.8, 4) is 0 Å². The molecule has 0 bridgehead atoms. The van der Waals surface area contributed by atoms with Gasteiger partial charge in [-0.15, -0.1) is 0 Å². The molecular formula is C19H18ClFN4O2. The van der Waals surface area contributed by atoms with Crippen LogP contribution < -0.4 is 10.6 Å². The van der Waals surface area contributed by atoms with Crippen LogP contribution in [0.25, 0.3) is 11.0 Å². The summed E-state index contributed by atoms with van der Waals surface area (Å²) in [4.78, 5) is 27.9. The van der Waals surface area contributed by atoms with Crippen molar-refractivity contribution in [2.45, 2.75) is 13.3 Å². The number of amides is 2. The minimum atomic E-state index is -0.563. The fraction of sp³-hybridized carbons (Fsp3) is 0.211. The summed E-state index contributed by atoms with van der Waals surface area (Å²) in [6, 6.07) is 9.35. The van der Waals surface area contributed by atoms with E-state index < -0.39 is 5.82 Å². The summed E-state index contributed by atoms with van der Waals surface area (Å²) in [6.07, 6.45) is 0.515. The second-order valence-electron chi connectivity index (χ2n) is 6.11. The largest absolute Gasteiger partial charge is 0.352 e. The Morgan fingerprint density at radius 1 is 1.22 bits per heavy atom. The molecule has 0 aliphatic carbocycles. The SMILES string of the molecule is CC(=O)Nc1ccc2c(c1)nc(CCNC(=O)c1ccc(F)c(Cl)c1)n2C. The van der Waals surface area contributed by atoms with Crippen molar-refractivity contribution in [2.75, 3.05) is 11.9 Å². The molecule has 0 spiro atoms. The van der Waals surface area contributed by atoms with Crippen LogP contribution in [-0.4, -0.2) is 27.9 Å². The van der Waals surface area contributed by atoms with E-state index in [1.807, 2.05) is 23.7 Å². The number of fused-ring (bicyclic) bond motifs is 1. The van der Waals surface area contributed by atoms with Crippen LogP contribution in [-0.2, 0) is 18.3 Å². The van der Waals surface area contributed by atoms with Crippen LogP contribution >= 0.6 is 11.6 Å². The molecule has 0 saturated carbocycles. The highest BCUT2D eigenvalue weighted by Gasteiger charge is 2.11. The summed E-state index contributed by atoms with van der Waals surface area (Å²) in [6.45, 7) is 1.81. The lowest BCUT2D eigenvalue weighted by Crippen LogP contribution is -2.26. The van der Waals surface area contributed by atoms with Crippen LogP contribution in [0.1, 0.15) is 23.1 Å². The first-order valence-electron chi connectivity index (χ1n) is 8.31. The number of nitrogens with one attached hydrogen (secondary N) is 2. The van der Waals surface area contributed by atoms with Gasteiger partial charge in [-0.25, -0.2) is 9.37 Å². The zero-order valence-corrected chi connectivity index (χ0v) is 15.6. The quantitative estimate of drug-likeness (QED) is 0.704. The van der Waals surface area contributed by atoms with E-state index in [0.29, 0.717) is 24.2 Å². The van der Waals surface area contributed by atoms with Gasteiger partial charge in [-0.1, -0.05) is 11.6 Å². The van der Waals surface area contributed by atoms with Crippen LogP contribution in [0.4, 0.5) is 10.1 Å². The first-order valence-corrected chi connectivity index (χ1v) is 8.69. The van der Waals surface area contributed by atoms with Crippen molar-refractivity contribution in [2.24, 2.45) is 7.05 Å². The van der Waals surface area contributed by atoms with Gasteiger partial charge in [-0.2, -0.15) is 0 Å². The molecule has 140 valence electrons. The second kappa shape index (κ2) is 7.75. The molecular weight excluding hydrogens is 371 g/mol. The average Bonchev–Trinajstić information content (AvgIpc) is 2.92. The van der Waals surface area contributed by atoms with E-state index in [2.05, 4.69) is 15.6 Å². The molecule has 0 unspecified atom stereocenters. The summed E-state index contributed by atoms with van der Waals surface area (Å²) >= 11 is 5.70. The molecule has 2 aromatic carbocycles. The Labute approximate surface area is 160 Å². The van der Waals surface area contributed by atoms with Crippen LogP contribution in [0, 0.1) is 5.82 Å². The third kappa shape index (κ3) is 4.25. The smallest absolute Gasteiger partial charge is 0.251 e. The lowest BCUT2D eigenvalue weighted by atomic mass is 10.2. The number of benzene rings is 2. The maximum atomic E-state index is 13.2. The van der Waals surface area contributed by atoms with Crippen molar-refractivity contribution in [3.63, 3.8) is 0 Å². The number of aryl methyl sites for hydroxylation is 1. The van der Waals surface area contributed by atoms with Gasteiger partial charge in [0.1, 0.15) is 11.6 Å². The topological polar surface area (TPSA) is 76.0 Å². The zero-order chi connectivity index (χ0) is 19.6. The van der Waals surface area contributed by atoms with Crippen LogP contribution in [0.5, 0.6) is 0 Å². The van der Waals surface area contributed by atoms with Gasteiger partial charge in [0.15, 0.2) is 0 Å². The number of hydrogen-bond donors (Lipinski definition) is 2. The molecule has 0 saturated heterocycles. The standard InChI is InChI=1S/C19H18ClFN4O2/c1-11(26)23-13-4-6-17-16(10-13)24-18(25(17)2)7-8-22-19(27)12-3-5-15(21)14(20)9-12/h3-6,9-10H,7-8H2,1-2H3,(H,22,27)(H,23,26). The highest BCUT2D eigenvalue weighted by Crippen LogP contribution is 2.20. The summed E-state index contributed by atoms with van der Waals surface area (Å²) < 4.78 is 15.1. The van der Waals surface area contributed by atoms with E-state index in [1.54, 1.807) is 6.07 Å². The molecule has 1 aromatic heterocycles. The second-order valence-corrected chi connectivity index (χ2v) is 6.51. The fourth-order valence-corrected chi connectivity index (χ4v) is 2.96. The average molecular weight is 389 g/mol. The predicted molar refractivity (Wildman–Crippen MR) is 102 cm³/mol. The van der Waals surface area contributed by atoms with Gasteiger partial charge in [-0.3, -0.25) is 9.59 Å². The Morgan fingerprint density at radius 2 is 2.00 bits per heavy atom. The molecule has 8 heteroatoms. The maximum absolute atomic E-state index is 13.2. The first-order chi connectivity index (χ1) is 12.8. The summed E-state index contributed by atoms with van der Waals surface area (Å²) in [5, 5.41) is 5.41. The highest BCUT2D eigenvalue weighted by molar-refractivity contribution is 6.31. The molecule has 0 fully saturated rings. The monoisotopic (exact) mass is 388 g/mol. The third-order valence-corrected chi connectivity index (χ3v) is 4.40. The van der Waals surface area contributed by atoms with Crippen molar-refractivity contribution < 1.29 is 14.0 Å². The third-order valence-electron chi connectivity index (χ3n) is 4.11. The number of hydrogen-bond acceptors (Lipinski definition) is 3. The number of carbonyl (C=O) groups is 2. The van der Waals surface area contributed by atoms with Crippen LogP contribution in [0.2, 0.25) is 5.02 Å². The Balaban J connectivity index is 1.67. The number of halogens is 2. The molecule has 2 amide bonds. The molecule has 0 radical (unpaired) electrons. The number of anilines is 1. The highest BCUT2D eigenvalue weighted by atomic mass is 35.5. The molecule has 0 aliphatic heterocycles. The molecule has 0 aliphatic rings. The molecule has 1 heterocycles. The molecule has 0 atom stereocenters.